The van der Waals surface area contributed by atoms with Crippen LogP contribution in [0.5, 0.6) is 0 Å². The van der Waals surface area contributed by atoms with Gasteiger partial charge in [-0.25, -0.2) is 4.98 Å². The molecular formula is C18H24N2O3S. The average Bonchev–Trinajstić information content (AvgIpc) is 2.51. The lowest BCUT2D eigenvalue weighted by molar-refractivity contribution is -0.123. The van der Waals surface area contributed by atoms with Gasteiger partial charge in [-0.05, 0) is 19.1 Å². The van der Waals surface area contributed by atoms with Crippen molar-refractivity contribution in [2.24, 2.45) is 5.41 Å². The van der Waals surface area contributed by atoms with Gasteiger partial charge in [-0.3, -0.25) is 14.2 Å². The highest BCUT2D eigenvalue weighted by molar-refractivity contribution is 7.99. The summed E-state index contributed by atoms with van der Waals surface area (Å²) in [6.07, 6.45) is 0. The molecule has 0 N–H and O–H groups in total. The highest BCUT2D eigenvalue weighted by Gasteiger charge is 2.23. The number of hydrogen-bond donors (Lipinski definition) is 0. The van der Waals surface area contributed by atoms with Gasteiger partial charge in [0.1, 0.15) is 5.78 Å². The van der Waals surface area contributed by atoms with Crippen LogP contribution in [-0.2, 0) is 9.53 Å². The van der Waals surface area contributed by atoms with Crippen molar-refractivity contribution in [3.8, 4) is 0 Å². The molecule has 0 radical (unpaired) electrons. The standard InChI is InChI=1S/C18H24N2O3S/c1-12(10-23-5)20-16(22)13-8-6-7-9-14(13)19-17(20)24-11-15(21)18(2,3)4/h6-9,12H,10-11H2,1-5H3/t12-/m1/s1. The number of aromatic nitrogens is 2. The Morgan fingerprint density at radius 3 is 2.62 bits per heavy atom. The molecule has 24 heavy (non-hydrogen) atoms. The minimum Gasteiger partial charge on any atom is -0.383 e. The van der Waals surface area contributed by atoms with E-state index in [1.54, 1.807) is 17.7 Å². The summed E-state index contributed by atoms with van der Waals surface area (Å²) >= 11 is 1.31. The normalized spacial score (nSPS) is 13.2. The molecule has 0 bridgehead atoms. The first-order valence-electron chi connectivity index (χ1n) is 7.92. The van der Waals surface area contributed by atoms with Crippen LogP contribution < -0.4 is 5.56 Å². The Kier molecular flexibility index (Phi) is 5.83. The molecule has 0 saturated carbocycles. The smallest absolute Gasteiger partial charge is 0.262 e. The Morgan fingerprint density at radius 2 is 2.00 bits per heavy atom. The lowest BCUT2D eigenvalue weighted by atomic mass is 9.92. The second-order valence-electron chi connectivity index (χ2n) is 6.85. The second kappa shape index (κ2) is 7.49. The van der Waals surface area contributed by atoms with E-state index in [1.807, 2.05) is 45.9 Å². The van der Waals surface area contributed by atoms with Gasteiger partial charge in [0.15, 0.2) is 5.16 Å². The number of para-hydroxylation sites is 1. The Labute approximate surface area is 146 Å². The van der Waals surface area contributed by atoms with Crippen molar-refractivity contribution in [3.05, 3.63) is 34.6 Å². The molecule has 2 aromatic rings. The van der Waals surface area contributed by atoms with E-state index in [-0.39, 0.29) is 23.1 Å². The molecule has 0 unspecified atom stereocenters. The van der Waals surface area contributed by atoms with E-state index in [0.717, 1.165) is 0 Å². The van der Waals surface area contributed by atoms with Gasteiger partial charge in [-0.2, -0.15) is 0 Å². The number of thioether (sulfide) groups is 1. The lowest BCUT2D eigenvalue weighted by Crippen LogP contribution is -2.29. The maximum absolute atomic E-state index is 12.9. The molecule has 6 heteroatoms. The third-order valence-corrected chi connectivity index (χ3v) is 4.75. The molecule has 130 valence electrons. The number of Topliss-reactive ketones (excluding diaryl/α,β-unsaturated/α-hetero) is 1. The Bertz CT molecular complexity index is 793. The van der Waals surface area contributed by atoms with Crippen molar-refractivity contribution >= 4 is 28.4 Å². The number of rotatable bonds is 6. The van der Waals surface area contributed by atoms with Crippen molar-refractivity contribution in [1.29, 1.82) is 0 Å². The number of ketones is 1. The van der Waals surface area contributed by atoms with Crippen LogP contribution in [0.3, 0.4) is 0 Å². The zero-order valence-corrected chi connectivity index (χ0v) is 15.6. The topological polar surface area (TPSA) is 61.2 Å². The first-order chi connectivity index (χ1) is 11.3. The van der Waals surface area contributed by atoms with Crippen LogP contribution in [0.4, 0.5) is 0 Å². The molecule has 0 amide bonds. The Hall–Kier alpha value is -1.66. The lowest BCUT2D eigenvalue weighted by Gasteiger charge is -2.20. The number of fused-ring (bicyclic) bond motifs is 1. The van der Waals surface area contributed by atoms with Crippen LogP contribution in [0.15, 0.2) is 34.2 Å². The monoisotopic (exact) mass is 348 g/mol. The van der Waals surface area contributed by atoms with Gasteiger partial charge in [0.2, 0.25) is 0 Å². The van der Waals surface area contributed by atoms with E-state index in [9.17, 15) is 9.59 Å². The summed E-state index contributed by atoms with van der Waals surface area (Å²) in [6, 6.07) is 7.11. The molecule has 1 atom stereocenters. The number of ether oxygens (including phenoxy) is 1. The first kappa shape index (κ1) is 18.7. The molecule has 0 aliphatic heterocycles. The van der Waals surface area contributed by atoms with Gasteiger partial charge in [0.05, 0.1) is 29.3 Å². The molecule has 0 saturated heterocycles. The molecule has 1 heterocycles. The number of carbonyl (C=O) groups excluding carboxylic acids is 1. The number of benzene rings is 1. The second-order valence-corrected chi connectivity index (χ2v) is 7.80. The number of nitrogens with zero attached hydrogens (tertiary/aromatic N) is 2. The summed E-state index contributed by atoms with van der Waals surface area (Å²) in [6.45, 7) is 8.00. The molecule has 1 aromatic heterocycles. The van der Waals surface area contributed by atoms with Crippen LogP contribution in [0.2, 0.25) is 0 Å². The molecule has 5 nitrogen and oxygen atoms in total. The molecule has 0 aliphatic rings. The van der Waals surface area contributed by atoms with Crippen LogP contribution in [0.25, 0.3) is 10.9 Å². The van der Waals surface area contributed by atoms with Crippen molar-refractivity contribution < 1.29 is 9.53 Å². The highest BCUT2D eigenvalue weighted by atomic mass is 32.2. The summed E-state index contributed by atoms with van der Waals surface area (Å²) in [5, 5.41) is 1.13. The fraction of sp³-hybridized carbons (Fsp3) is 0.500. The maximum atomic E-state index is 12.9. The zero-order valence-electron chi connectivity index (χ0n) is 14.8. The quantitative estimate of drug-likeness (QED) is 0.592. The van der Waals surface area contributed by atoms with E-state index >= 15 is 0 Å². The van der Waals surface area contributed by atoms with E-state index in [0.29, 0.717) is 22.7 Å². The van der Waals surface area contributed by atoms with Gasteiger partial charge >= 0.3 is 0 Å². The fourth-order valence-corrected chi connectivity index (χ4v) is 3.54. The molecular weight excluding hydrogens is 324 g/mol. The van der Waals surface area contributed by atoms with Crippen LogP contribution >= 0.6 is 11.8 Å². The molecule has 0 aliphatic carbocycles. The van der Waals surface area contributed by atoms with E-state index in [2.05, 4.69) is 4.98 Å². The predicted molar refractivity (Wildman–Crippen MR) is 97.8 cm³/mol. The minimum atomic E-state index is -0.410. The van der Waals surface area contributed by atoms with Crippen molar-refractivity contribution in [1.82, 2.24) is 9.55 Å². The van der Waals surface area contributed by atoms with Gasteiger partial charge in [0, 0.05) is 12.5 Å². The van der Waals surface area contributed by atoms with Crippen LogP contribution in [0.1, 0.15) is 33.7 Å². The van der Waals surface area contributed by atoms with E-state index in [4.69, 9.17) is 4.74 Å². The van der Waals surface area contributed by atoms with Crippen molar-refractivity contribution in [3.63, 3.8) is 0 Å². The van der Waals surface area contributed by atoms with Gasteiger partial charge in [-0.1, -0.05) is 44.7 Å². The van der Waals surface area contributed by atoms with Gasteiger partial charge in [-0.15, -0.1) is 0 Å². The molecule has 0 spiro atoms. The van der Waals surface area contributed by atoms with Crippen molar-refractivity contribution in [2.45, 2.75) is 38.9 Å². The van der Waals surface area contributed by atoms with Crippen LogP contribution in [-0.4, -0.2) is 34.8 Å². The summed E-state index contributed by atoms with van der Waals surface area (Å²) in [7, 11) is 1.60. The maximum Gasteiger partial charge on any atom is 0.262 e. The Morgan fingerprint density at radius 1 is 1.33 bits per heavy atom. The highest BCUT2D eigenvalue weighted by Crippen LogP contribution is 2.24. The third kappa shape index (κ3) is 4.05. The Balaban J connectivity index is 2.48. The summed E-state index contributed by atoms with van der Waals surface area (Å²) in [5.41, 5.74) is 0.137. The molecule has 2 rings (SSSR count). The summed E-state index contributed by atoms with van der Waals surface area (Å²) < 4.78 is 6.83. The SMILES string of the molecule is COC[C@@H](C)n1c(SCC(=O)C(C)(C)C)nc2ccccc2c1=O. The van der Waals surface area contributed by atoms with Gasteiger partial charge in [0.25, 0.3) is 5.56 Å². The summed E-state index contributed by atoms with van der Waals surface area (Å²) in [5.74, 6) is 0.411. The molecule has 1 aromatic carbocycles. The number of hydrogen-bond acceptors (Lipinski definition) is 5. The van der Waals surface area contributed by atoms with Crippen LogP contribution in [0, 0.1) is 5.41 Å². The fourth-order valence-electron chi connectivity index (χ4n) is 2.28. The number of methoxy groups -OCH3 is 1. The average molecular weight is 348 g/mol. The third-order valence-electron chi connectivity index (χ3n) is 3.79. The minimum absolute atomic E-state index is 0.101. The first-order valence-corrected chi connectivity index (χ1v) is 8.90. The van der Waals surface area contributed by atoms with E-state index in [1.165, 1.54) is 11.8 Å². The zero-order chi connectivity index (χ0) is 17.9. The van der Waals surface area contributed by atoms with E-state index < -0.39 is 5.41 Å². The van der Waals surface area contributed by atoms with Crippen molar-refractivity contribution in [2.75, 3.05) is 19.5 Å². The summed E-state index contributed by atoms with van der Waals surface area (Å²) in [4.78, 5) is 29.7. The molecule has 0 fully saturated rings. The van der Waals surface area contributed by atoms with Gasteiger partial charge < -0.3 is 4.74 Å². The predicted octanol–water partition coefficient (Wildman–Crippen LogP) is 3.31. The number of carbonyl (C=O) groups is 1. The largest absolute Gasteiger partial charge is 0.383 e.